The summed E-state index contributed by atoms with van der Waals surface area (Å²) in [6, 6.07) is 17.1. The maximum atomic E-state index is 12.1. The van der Waals surface area contributed by atoms with Crippen LogP contribution in [-0.2, 0) is 4.79 Å². The second kappa shape index (κ2) is 9.20. The van der Waals surface area contributed by atoms with Gasteiger partial charge in [-0.25, -0.2) is 0 Å². The third-order valence-electron chi connectivity index (χ3n) is 6.30. The average molecular weight is 424 g/mol. The minimum absolute atomic E-state index is 0.0530. The van der Waals surface area contributed by atoms with E-state index < -0.39 is 0 Å². The first kappa shape index (κ1) is 23.6. The molecular weight excluding hydrogens is 391 g/mol. The lowest BCUT2D eigenvalue weighted by molar-refractivity contribution is -0.111. The fourth-order valence-electron chi connectivity index (χ4n) is 5.28. The van der Waals surface area contributed by atoms with Gasteiger partial charge in [-0.3, -0.25) is 4.79 Å². The van der Waals surface area contributed by atoms with Crippen LogP contribution in [0.2, 0.25) is 0 Å². The Morgan fingerprint density at radius 1 is 0.688 bits per heavy atom. The summed E-state index contributed by atoms with van der Waals surface area (Å²) in [4.78, 5) is 12.1. The molecule has 164 valence electrons. The minimum atomic E-state index is -0.134. The normalized spacial score (nSPS) is 11.9. The van der Waals surface area contributed by atoms with Crippen molar-refractivity contribution in [3.63, 3.8) is 0 Å². The van der Waals surface area contributed by atoms with E-state index in [1.807, 2.05) is 12.1 Å². The van der Waals surface area contributed by atoms with Crippen LogP contribution in [0.1, 0.15) is 52.8 Å². The van der Waals surface area contributed by atoms with E-state index in [4.69, 9.17) is 0 Å². The van der Waals surface area contributed by atoms with Crippen LogP contribution in [0.4, 0.5) is 0 Å². The summed E-state index contributed by atoms with van der Waals surface area (Å²) in [5.74, 6) is -0.0815. The Kier molecular flexibility index (Phi) is 6.78. The van der Waals surface area contributed by atoms with Gasteiger partial charge < -0.3 is 5.11 Å². The number of carbonyl (C=O) groups is 1. The largest absolute Gasteiger partial charge is 0.512 e. The van der Waals surface area contributed by atoms with Gasteiger partial charge in [0.05, 0.1) is 5.57 Å². The maximum absolute atomic E-state index is 12.1. The van der Waals surface area contributed by atoms with Gasteiger partial charge in [0, 0.05) is 0 Å². The van der Waals surface area contributed by atoms with E-state index in [-0.39, 0.29) is 18.3 Å². The van der Waals surface area contributed by atoms with Crippen LogP contribution < -0.4 is 16.4 Å². The highest BCUT2D eigenvalue weighted by atomic mass is 16.3. The van der Waals surface area contributed by atoms with E-state index >= 15 is 0 Å². The van der Waals surface area contributed by atoms with Crippen LogP contribution in [0.15, 0.2) is 54.3 Å². The van der Waals surface area contributed by atoms with Gasteiger partial charge in [0.2, 0.25) is 6.71 Å². The molecule has 1 N–H and O–H groups in total. The first-order valence-electron chi connectivity index (χ1n) is 11.2. The number of hydrogen-bond donors (Lipinski definition) is 1. The Balaban J connectivity index is 2.29. The highest BCUT2D eigenvalue weighted by Gasteiger charge is 2.28. The molecule has 0 aliphatic carbocycles. The molecule has 0 unspecified atom stereocenters. The zero-order chi connectivity index (χ0) is 23.7. The molecular formula is C29H33BO2. The number of carbonyl (C=O) groups excluding carboxylic acids is 1. The zero-order valence-electron chi connectivity index (χ0n) is 20.6. The number of ketones is 1. The van der Waals surface area contributed by atoms with Crippen LogP contribution in [0.5, 0.6) is 0 Å². The van der Waals surface area contributed by atoms with Crippen molar-refractivity contribution >= 4 is 34.5 Å². The predicted molar refractivity (Wildman–Crippen MR) is 138 cm³/mol. The maximum Gasteiger partial charge on any atom is 0.242 e. The molecule has 0 aliphatic heterocycles. The molecule has 3 rings (SSSR count). The lowest BCUT2D eigenvalue weighted by Crippen LogP contribution is -2.55. The third kappa shape index (κ3) is 4.57. The van der Waals surface area contributed by atoms with Gasteiger partial charge in [-0.1, -0.05) is 98.3 Å². The molecule has 0 bridgehead atoms. The van der Waals surface area contributed by atoms with Crippen LogP contribution in [-0.4, -0.2) is 17.6 Å². The molecule has 0 heterocycles. The summed E-state index contributed by atoms with van der Waals surface area (Å²) >= 11 is 0. The molecule has 3 aromatic rings. The SMILES string of the molecule is CC(=O)/C(=C(\C)O)c1ccc(B(c2c(C)cc(C)cc2C)c2c(C)cc(C)cc2C)cc1. The molecule has 0 aliphatic rings. The second-order valence-electron chi connectivity index (χ2n) is 9.20. The molecule has 32 heavy (non-hydrogen) atoms. The summed E-state index contributed by atoms with van der Waals surface area (Å²) in [6.07, 6.45) is 0. The first-order chi connectivity index (χ1) is 15.0. The Bertz CT molecular complexity index is 1110. The van der Waals surface area contributed by atoms with E-state index in [1.54, 1.807) is 6.92 Å². The van der Waals surface area contributed by atoms with Crippen molar-refractivity contribution in [2.45, 2.75) is 55.4 Å². The number of benzene rings is 3. The molecule has 3 aromatic carbocycles. The van der Waals surface area contributed by atoms with Crippen molar-refractivity contribution in [1.82, 2.24) is 0 Å². The van der Waals surface area contributed by atoms with Gasteiger partial charge in [0.15, 0.2) is 5.78 Å². The molecule has 2 nitrogen and oxygen atoms in total. The molecule has 0 atom stereocenters. The Hall–Kier alpha value is -3.07. The van der Waals surface area contributed by atoms with Gasteiger partial charge in [-0.05, 0) is 61.0 Å². The minimum Gasteiger partial charge on any atom is -0.512 e. The molecule has 3 heteroatoms. The van der Waals surface area contributed by atoms with E-state index in [2.05, 4.69) is 77.9 Å². The van der Waals surface area contributed by atoms with Crippen molar-refractivity contribution in [1.29, 1.82) is 0 Å². The molecule has 0 aromatic heterocycles. The number of aryl methyl sites for hydroxylation is 6. The number of hydrogen-bond acceptors (Lipinski definition) is 2. The van der Waals surface area contributed by atoms with E-state index in [9.17, 15) is 9.90 Å². The van der Waals surface area contributed by atoms with Crippen LogP contribution in [0.25, 0.3) is 5.57 Å². The summed E-state index contributed by atoms with van der Waals surface area (Å²) < 4.78 is 0. The highest BCUT2D eigenvalue weighted by Crippen LogP contribution is 2.19. The molecule has 0 saturated carbocycles. The molecule has 0 saturated heterocycles. The van der Waals surface area contributed by atoms with Crippen molar-refractivity contribution < 1.29 is 9.90 Å². The topological polar surface area (TPSA) is 37.3 Å². The van der Waals surface area contributed by atoms with Gasteiger partial charge in [-0.2, -0.15) is 0 Å². The zero-order valence-corrected chi connectivity index (χ0v) is 20.6. The van der Waals surface area contributed by atoms with Crippen molar-refractivity contribution in [2.24, 2.45) is 0 Å². The number of aliphatic hydroxyl groups excluding tert-OH is 1. The smallest absolute Gasteiger partial charge is 0.242 e. The van der Waals surface area contributed by atoms with Gasteiger partial charge in [0.25, 0.3) is 0 Å². The quantitative estimate of drug-likeness (QED) is 0.358. The average Bonchev–Trinajstić information content (AvgIpc) is 2.65. The van der Waals surface area contributed by atoms with E-state index in [1.165, 1.54) is 56.7 Å². The Morgan fingerprint density at radius 3 is 1.38 bits per heavy atom. The predicted octanol–water partition coefficient (Wildman–Crippen LogP) is 4.93. The van der Waals surface area contributed by atoms with Crippen molar-refractivity contribution in [3.05, 3.63) is 93.2 Å². The lowest BCUT2D eigenvalue weighted by Gasteiger charge is -2.25. The lowest BCUT2D eigenvalue weighted by atomic mass is 9.34. The Labute approximate surface area is 193 Å². The van der Waals surface area contributed by atoms with Crippen molar-refractivity contribution in [2.75, 3.05) is 0 Å². The molecule has 0 fully saturated rings. The van der Waals surface area contributed by atoms with Crippen LogP contribution >= 0.6 is 0 Å². The fourth-order valence-corrected chi connectivity index (χ4v) is 5.28. The number of Topliss-reactive ketones (excluding diaryl/α,β-unsaturated/α-hetero) is 1. The standard InChI is InChI=1S/C29H33BO2/c1-17-13-19(3)28(20(4)14-17)30(29-21(5)15-18(2)16-22(29)6)26-11-9-25(10-12-26)27(23(7)31)24(8)32/h9-16,31H,1-8H3/b27-23-. The van der Waals surface area contributed by atoms with Gasteiger partial charge in [0.1, 0.15) is 5.76 Å². The third-order valence-corrected chi connectivity index (χ3v) is 6.30. The Morgan fingerprint density at radius 2 is 1.06 bits per heavy atom. The number of rotatable bonds is 5. The molecule has 0 amide bonds. The van der Waals surface area contributed by atoms with Gasteiger partial charge in [-0.15, -0.1) is 0 Å². The second-order valence-corrected chi connectivity index (χ2v) is 9.20. The van der Waals surface area contributed by atoms with E-state index in [0.717, 1.165) is 5.56 Å². The first-order valence-corrected chi connectivity index (χ1v) is 11.2. The highest BCUT2D eigenvalue weighted by molar-refractivity contribution is 6.96. The van der Waals surface area contributed by atoms with Crippen LogP contribution in [0.3, 0.4) is 0 Å². The number of allylic oxidation sites excluding steroid dienone is 2. The van der Waals surface area contributed by atoms with E-state index in [0.29, 0.717) is 5.57 Å². The van der Waals surface area contributed by atoms with Crippen molar-refractivity contribution in [3.8, 4) is 0 Å². The summed E-state index contributed by atoms with van der Waals surface area (Å²) in [5, 5.41) is 10.0. The van der Waals surface area contributed by atoms with Gasteiger partial charge >= 0.3 is 0 Å². The monoisotopic (exact) mass is 424 g/mol. The number of aliphatic hydroxyl groups is 1. The van der Waals surface area contributed by atoms with Crippen LogP contribution in [0, 0.1) is 41.5 Å². The summed E-state index contributed by atoms with van der Waals surface area (Å²) in [6.45, 7) is 16.2. The summed E-state index contributed by atoms with van der Waals surface area (Å²) in [5.41, 5.74) is 12.6. The summed E-state index contributed by atoms with van der Waals surface area (Å²) in [7, 11) is 0. The molecule has 0 spiro atoms. The molecule has 0 radical (unpaired) electrons. The fraction of sp³-hybridized carbons (Fsp3) is 0.276.